The van der Waals surface area contributed by atoms with Crippen molar-refractivity contribution in [3.8, 4) is 5.75 Å². The highest BCUT2D eigenvalue weighted by Gasteiger charge is 2.12. The molecule has 0 saturated carbocycles. The summed E-state index contributed by atoms with van der Waals surface area (Å²) in [5.41, 5.74) is 4.43. The Labute approximate surface area is 136 Å². The summed E-state index contributed by atoms with van der Waals surface area (Å²) in [6.45, 7) is 2.34. The Morgan fingerprint density at radius 3 is 2.39 bits per heavy atom. The first-order chi connectivity index (χ1) is 11.2. The van der Waals surface area contributed by atoms with Gasteiger partial charge in [0.2, 0.25) is 0 Å². The molecule has 122 valence electrons. The van der Waals surface area contributed by atoms with E-state index in [-0.39, 0.29) is 12.1 Å². The number of benzene rings is 2. The van der Waals surface area contributed by atoms with Crippen molar-refractivity contribution < 1.29 is 14.4 Å². The summed E-state index contributed by atoms with van der Waals surface area (Å²) in [6, 6.07) is 16.9. The third-order valence-corrected chi connectivity index (χ3v) is 3.48. The number of rotatable bonds is 7. The minimum atomic E-state index is -0.358. The molecule has 2 amide bonds. The van der Waals surface area contributed by atoms with E-state index >= 15 is 0 Å². The average Bonchev–Trinajstić information content (AvgIpc) is 2.61. The second-order valence-corrected chi connectivity index (χ2v) is 5.08. The van der Waals surface area contributed by atoms with Gasteiger partial charge in [-0.15, -0.1) is 0 Å². The fourth-order valence-corrected chi connectivity index (χ4v) is 2.20. The Morgan fingerprint density at radius 2 is 1.78 bits per heavy atom. The van der Waals surface area contributed by atoms with E-state index in [1.807, 2.05) is 61.5 Å². The molecule has 0 spiro atoms. The first kappa shape index (κ1) is 16.8. The molecule has 1 atom stereocenters. The van der Waals surface area contributed by atoms with Gasteiger partial charge >= 0.3 is 6.03 Å². The highest BCUT2D eigenvalue weighted by atomic mass is 16.7. The van der Waals surface area contributed by atoms with Crippen LogP contribution >= 0.6 is 0 Å². The third kappa shape index (κ3) is 5.30. The number of carbonyl (C=O) groups excluding carboxylic acids is 1. The quantitative estimate of drug-likeness (QED) is 0.768. The van der Waals surface area contributed by atoms with E-state index in [2.05, 4.69) is 10.8 Å². The summed E-state index contributed by atoms with van der Waals surface area (Å²) in [6.07, 6.45) is 0.776. The molecule has 0 bridgehead atoms. The van der Waals surface area contributed by atoms with E-state index in [9.17, 15) is 4.79 Å². The molecule has 0 fully saturated rings. The Hall–Kier alpha value is -2.53. The molecule has 2 N–H and O–H groups in total. The minimum absolute atomic E-state index is 0.0822. The van der Waals surface area contributed by atoms with Crippen LogP contribution in [0.2, 0.25) is 0 Å². The molecule has 2 rings (SSSR count). The van der Waals surface area contributed by atoms with E-state index < -0.39 is 0 Å². The molecule has 0 aliphatic carbocycles. The molecule has 5 nitrogen and oxygen atoms in total. The number of carbonyl (C=O) groups is 1. The van der Waals surface area contributed by atoms with Crippen LogP contribution in [0.15, 0.2) is 54.6 Å². The van der Waals surface area contributed by atoms with Gasteiger partial charge in [0.25, 0.3) is 0 Å². The van der Waals surface area contributed by atoms with E-state index in [0.717, 1.165) is 23.3 Å². The number of amides is 2. The van der Waals surface area contributed by atoms with Gasteiger partial charge in [0.15, 0.2) is 0 Å². The van der Waals surface area contributed by atoms with Gasteiger partial charge in [-0.25, -0.2) is 10.3 Å². The summed E-state index contributed by atoms with van der Waals surface area (Å²) >= 11 is 0. The Kier molecular flexibility index (Phi) is 6.44. The molecule has 0 saturated heterocycles. The van der Waals surface area contributed by atoms with Crippen molar-refractivity contribution >= 4 is 6.03 Å². The lowest BCUT2D eigenvalue weighted by Gasteiger charge is -2.18. The van der Waals surface area contributed by atoms with Crippen LogP contribution in [0.3, 0.4) is 0 Å². The number of methoxy groups -OCH3 is 1. The molecule has 23 heavy (non-hydrogen) atoms. The van der Waals surface area contributed by atoms with Crippen LogP contribution in [0.25, 0.3) is 0 Å². The van der Waals surface area contributed by atoms with Gasteiger partial charge < -0.3 is 10.1 Å². The predicted molar refractivity (Wildman–Crippen MR) is 88.9 cm³/mol. The summed E-state index contributed by atoms with van der Waals surface area (Å²) in [5.74, 6) is 0.791. The summed E-state index contributed by atoms with van der Waals surface area (Å²) in [5, 5.41) is 2.89. The van der Waals surface area contributed by atoms with Crippen molar-refractivity contribution in [2.45, 2.75) is 26.0 Å². The van der Waals surface area contributed by atoms with Crippen LogP contribution in [0, 0.1) is 0 Å². The molecular weight excluding hydrogens is 292 g/mol. The number of ether oxygens (including phenoxy) is 1. The van der Waals surface area contributed by atoms with Crippen molar-refractivity contribution in [1.29, 1.82) is 0 Å². The number of nitrogens with one attached hydrogen (secondary N) is 2. The number of hydrogen-bond acceptors (Lipinski definition) is 3. The third-order valence-electron chi connectivity index (χ3n) is 3.48. The zero-order chi connectivity index (χ0) is 16.5. The number of hydrogen-bond donors (Lipinski definition) is 2. The van der Waals surface area contributed by atoms with Gasteiger partial charge in [-0.2, -0.15) is 0 Å². The minimum Gasteiger partial charge on any atom is -0.497 e. The first-order valence-electron chi connectivity index (χ1n) is 7.59. The fraction of sp³-hybridized carbons (Fsp3) is 0.278. The van der Waals surface area contributed by atoms with Gasteiger partial charge in [-0.05, 0) is 29.7 Å². The molecule has 1 unspecified atom stereocenters. The molecule has 0 aliphatic rings. The van der Waals surface area contributed by atoms with Crippen LogP contribution < -0.4 is 15.5 Å². The topological polar surface area (TPSA) is 59.6 Å². The van der Waals surface area contributed by atoms with Crippen molar-refractivity contribution in [1.82, 2.24) is 10.8 Å². The summed E-state index contributed by atoms with van der Waals surface area (Å²) < 4.78 is 5.14. The normalized spacial score (nSPS) is 11.6. The maximum absolute atomic E-state index is 11.9. The van der Waals surface area contributed by atoms with Crippen LogP contribution in [0.1, 0.15) is 30.5 Å². The molecule has 0 radical (unpaired) electrons. The lowest BCUT2D eigenvalue weighted by molar-refractivity contribution is 0.0480. The Balaban J connectivity index is 1.82. The molecule has 5 heteroatoms. The van der Waals surface area contributed by atoms with E-state index in [1.165, 1.54) is 0 Å². The lowest BCUT2D eigenvalue weighted by atomic mass is 10.0. The smallest absolute Gasteiger partial charge is 0.339 e. The molecule has 0 aliphatic heterocycles. The van der Waals surface area contributed by atoms with Crippen molar-refractivity contribution in [2.24, 2.45) is 0 Å². The second-order valence-electron chi connectivity index (χ2n) is 5.08. The first-order valence-corrected chi connectivity index (χ1v) is 7.59. The maximum atomic E-state index is 11.9. The lowest BCUT2D eigenvalue weighted by Crippen LogP contribution is -2.37. The zero-order valence-electron chi connectivity index (χ0n) is 13.4. The highest BCUT2D eigenvalue weighted by molar-refractivity contribution is 5.73. The monoisotopic (exact) mass is 314 g/mol. The molecule has 0 heterocycles. The molecular formula is C18H22N2O3. The van der Waals surface area contributed by atoms with E-state index in [1.54, 1.807) is 7.11 Å². The van der Waals surface area contributed by atoms with Crippen LogP contribution in [0.4, 0.5) is 4.79 Å². The van der Waals surface area contributed by atoms with E-state index in [4.69, 9.17) is 9.57 Å². The van der Waals surface area contributed by atoms with Gasteiger partial charge in [-0.3, -0.25) is 4.84 Å². The zero-order valence-corrected chi connectivity index (χ0v) is 13.4. The molecule has 2 aromatic carbocycles. The highest BCUT2D eigenvalue weighted by Crippen LogP contribution is 2.19. The van der Waals surface area contributed by atoms with Gasteiger partial charge in [0, 0.05) is 0 Å². The second kappa shape index (κ2) is 8.80. The van der Waals surface area contributed by atoms with Gasteiger partial charge in [0.1, 0.15) is 5.75 Å². The Morgan fingerprint density at radius 1 is 1.09 bits per heavy atom. The van der Waals surface area contributed by atoms with E-state index in [0.29, 0.717) is 6.61 Å². The van der Waals surface area contributed by atoms with Gasteiger partial charge in [0.05, 0.1) is 19.8 Å². The predicted octanol–water partition coefficient (Wildman–Crippen LogP) is 3.58. The summed E-state index contributed by atoms with van der Waals surface area (Å²) in [7, 11) is 1.63. The van der Waals surface area contributed by atoms with Crippen molar-refractivity contribution in [3.05, 3.63) is 65.7 Å². The van der Waals surface area contributed by atoms with Crippen LogP contribution in [-0.2, 0) is 11.4 Å². The Bertz CT molecular complexity index is 599. The SMILES string of the molecule is CCC(NC(=O)NOCc1ccccc1)c1ccc(OC)cc1. The van der Waals surface area contributed by atoms with Crippen molar-refractivity contribution in [3.63, 3.8) is 0 Å². The fourth-order valence-electron chi connectivity index (χ4n) is 2.20. The van der Waals surface area contributed by atoms with Gasteiger partial charge in [-0.1, -0.05) is 49.4 Å². The largest absolute Gasteiger partial charge is 0.497 e. The van der Waals surface area contributed by atoms with Crippen molar-refractivity contribution in [2.75, 3.05) is 7.11 Å². The number of urea groups is 1. The summed E-state index contributed by atoms with van der Waals surface area (Å²) in [4.78, 5) is 17.1. The standard InChI is InChI=1S/C18H22N2O3/c1-3-17(15-9-11-16(22-2)12-10-15)19-18(21)20-23-13-14-7-5-4-6-8-14/h4-12,17H,3,13H2,1-2H3,(H2,19,20,21). The number of hydroxylamine groups is 1. The maximum Gasteiger partial charge on any atom is 0.339 e. The average molecular weight is 314 g/mol. The molecule has 0 aromatic heterocycles. The molecule has 2 aromatic rings. The van der Waals surface area contributed by atoms with Crippen LogP contribution in [-0.4, -0.2) is 13.1 Å². The van der Waals surface area contributed by atoms with Crippen LogP contribution in [0.5, 0.6) is 5.75 Å².